The van der Waals surface area contributed by atoms with Crippen LogP contribution in [0.1, 0.15) is 11.4 Å². The molecule has 1 aromatic heterocycles. The van der Waals surface area contributed by atoms with Crippen LogP contribution in [-0.2, 0) is 19.6 Å². The highest BCUT2D eigenvalue weighted by Crippen LogP contribution is 2.25. The van der Waals surface area contributed by atoms with Crippen LogP contribution in [0.3, 0.4) is 0 Å². The van der Waals surface area contributed by atoms with Gasteiger partial charge in [0.05, 0.1) is 6.54 Å². The van der Waals surface area contributed by atoms with Gasteiger partial charge in [-0.25, -0.2) is 0 Å². The Morgan fingerprint density at radius 2 is 2.22 bits per heavy atom. The Morgan fingerprint density at radius 3 is 3.11 bits per heavy atom. The quantitative estimate of drug-likeness (QED) is 0.857. The molecule has 0 amide bonds. The largest absolute Gasteiger partial charge is 0.398 e. The van der Waals surface area contributed by atoms with Crippen molar-refractivity contribution in [3.63, 3.8) is 0 Å². The Kier molecular flexibility index (Phi) is 3.05. The summed E-state index contributed by atoms with van der Waals surface area (Å²) in [5.41, 5.74) is 7.89. The Bertz CT molecular complexity index is 565. The maximum absolute atomic E-state index is 5.89. The molecular weight excluding hydrogens is 294 g/mol. The molecule has 2 aromatic rings. The lowest BCUT2D eigenvalue weighted by Crippen LogP contribution is -2.33. The van der Waals surface area contributed by atoms with Gasteiger partial charge in [-0.3, -0.25) is 4.90 Å². The molecule has 0 bridgehead atoms. The molecule has 0 radical (unpaired) electrons. The number of rotatable bonds is 2. The normalized spacial score (nSPS) is 15.6. The monoisotopic (exact) mass is 307 g/mol. The van der Waals surface area contributed by atoms with Gasteiger partial charge in [0.1, 0.15) is 12.2 Å². The van der Waals surface area contributed by atoms with Crippen molar-refractivity contribution in [2.24, 2.45) is 0 Å². The lowest BCUT2D eigenvalue weighted by Gasteiger charge is -2.27. The third-order valence-corrected chi connectivity index (χ3v) is 4.19. The molecule has 2 heterocycles. The first-order chi connectivity index (χ1) is 8.74. The van der Waals surface area contributed by atoms with Crippen LogP contribution in [-0.4, -0.2) is 26.2 Å². The van der Waals surface area contributed by atoms with Crippen LogP contribution in [0.5, 0.6) is 0 Å². The Balaban J connectivity index is 1.77. The van der Waals surface area contributed by atoms with E-state index in [0.717, 1.165) is 42.2 Å². The third-order valence-electron chi connectivity index (χ3n) is 3.22. The molecule has 6 heteroatoms. The number of hydrogen-bond donors (Lipinski definition) is 1. The fourth-order valence-electron chi connectivity index (χ4n) is 2.21. The summed E-state index contributed by atoms with van der Waals surface area (Å²) in [4.78, 5) is 2.35. The van der Waals surface area contributed by atoms with E-state index in [2.05, 4.69) is 41.7 Å². The van der Waals surface area contributed by atoms with E-state index in [1.165, 1.54) is 5.56 Å². The van der Waals surface area contributed by atoms with E-state index >= 15 is 0 Å². The molecular formula is C12H14BrN5. The molecule has 3 rings (SSSR count). The number of nitrogens with zero attached hydrogens (tertiary/aromatic N) is 4. The third kappa shape index (κ3) is 2.13. The second-order valence-corrected chi connectivity index (χ2v) is 5.26. The van der Waals surface area contributed by atoms with E-state index in [1.807, 2.05) is 12.1 Å². The van der Waals surface area contributed by atoms with Crippen molar-refractivity contribution in [2.75, 3.05) is 12.3 Å². The summed E-state index contributed by atoms with van der Waals surface area (Å²) in [5, 5.41) is 8.06. The topological polar surface area (TPSA) is 60.0 Å². The average Bonchev–Trinajstić information content (AvgIpc) is 2.82. The van der Waals surface area contributed by atoms with E-state index in [1.54, 1.807) is 6.33 Å². The van der Waals surface area contributed by atoms with Gasteiger partial charge in [0, 0.05) is 29.8 Å². The van der Waals surface area contributed by atoms with Crippen LogP contribution >= 0.6 is 15.9 Å². The number of halogens is 1. The Morgan fingerprint density at radius 1 is 1.33 bits per heavy atom. The standard InChI is InChI=1S/C12H14BrN5/c13-12-9(2-1-3-10(12)14)6-17-4-5-18-8-15-16-11(18)7-17/h1-3,8H,4-7,14H2. The van der Waals surface area contributed by atoms with E-state index in [-0.39, 0.29) is 0 Å². The Hall–Kier alpha value is -1.40. The van der Waals surface area contributed by atoms with Crippen molar-refractivity contribution in [3.05, 3.63) is 40.4 Å². The second-order valence-electron chi connectivity index (χ2n) is 4.47. The predicted molar refractivity (Wildman–Crippen MR) is 72.7 cm³/mol. The number of aromatic nitrogens is 3. The zero-order valence-electron chi connectivity index (χ0n) is 9.88. The highest BCUT2D eigenvalue weighted by Gasteiger charge is 2.18. The number of fused-ring (bicyclic) bond motifs is 1. The zero-order valence-corrected chi connectivity index (χ0v) is 11.5. The summed E-state index contributed by atoms with van der Waals surface area (Å²) >= 11 is 3.55. The van der Waals surface area contributed by atoms with Crippen molar-refractivity contribution >= 4 is 21.6 Å². The van der Waals surface area contributed by atoms with E-state index < -0.39 is 0 Å². The van der Waals surface area contributed by atoms with Gasteiger partial charge < -0.3 is 10.3 Å². The molecule has 0 saturated heterocycles. The molecule has 0 fully saturated rings. The SMILES string of the molecule is Nc1cccc(CN2CCn3cnnc3C2)c1Br. The molecule has 18 heavy (non-hydrogen) atoms. The van der Waals surface area contributed by atoms with Crippen LogP contribution in [0.15, 0.2) is 29.0 Å². The number of nitrogen functional groups attached to an aromatic ring is 1. The highest BCUT2D eigenvalue weighted by atomic mass is 79.9. The van der Waals surface area contributed by atoms with Gasteiger partial charge >= 0.3 is 0 Å². The van der Waals surface area contributed by atoms with Crippen molar-refractivity contribution in [1.29, 1.82) is 0 Å². The van der Waals surface area contributed by atoms with Crippen LogP contribution in [0.25, 0.3) is 0 Å². The smallest absolute Gasteiger partial charge is 0.147 e. The maximum atomic E-state index is 5.89. The zero-order chi connectivity index (χ0) is 12.5. The Labute approximate surface area is 114 Å². The molecule has 1 aliphatic rings. The molecule has 5 nitrogen and oxygen atoms in total. The summed E-state index contributed by atoms with van der Waals surface area (Å²) in [6, 6.07) is 5.99. The molecule has 0 atom stereocenters. The second kappa shape index (κ2) is 4.70. The maximum Gasteiger partial charge on any atom is 0.147 e. The minimum atomic E-state index is 0.785. The van der Waals surface area contributed by atoms with Crippen molar-refractivity contribution in [1.82, 2.24) is 19.7 Å². The first-order valence-corrected chi connectivity index (χ1v) is 6.65. The minimum Gasteiger partial charge on any atom is -0.398 e. The predicted octanol–water partition coefficient (Wildman–Crippen LogP) is 1.64. The van der Waals surface area contributed by atoms with Gasteiger partial charge in [0.25, 0.3) is 0 Å². The lowest BCUT2D eigenvalue weighted by molar-refractivity contribution is 0.208. The highest BCUT2D eigenvalue weighted by molar-refractivity contribution is 9.10. The summed E-state index contributed by atoms with van der Waals surface area (Å²) in [6.07, 6.45) is 1.79. The lowest BCUT2D eigenvalue weighted by atomic mass is 10.2. The van der Waals surface area contributed by atoms with Crippen molar-refractivity contribution in [3.8, 4) is 0 Å². The fourth-order valence-corrected chi connectivity index (χ4v) is 2.60. The van der Waals surface area contributed by atoms with Crippen molar-refractivity contribution < 1.29 is 0 Å². The molecule has 0 spiro atoms. The molecule has 1 aliphatic heterocycles. The summed E-state index contributed by atoms with van der Waals surface area (Å²) in [6.45, 7) is 3.66. The van der Waals surface area contributed by atoms with Crippen LogP contribution in [0, 0.1) is 0 Å². The van der Waals surface area contributed by atoms with E-state index in [4.69, 9.17) is 5.73 Å². The number of anilines is 1. The minimum absolute atomic E-state index is 0.785. The summed E-state index contributed by atoms with van der Waals surface area (Å²) < 4.78 is 3.10. The molecule has 94 valence electrons. The average molecular weight is 308 g/mol. The fraction of sp³-hybridized carbons (Fsp3) is 0.333. The molecule has 0 saturated carbocycles. The van der Waals surface area contributed by atoms with Crippen LogP contribution in [0.4, 0.5) is 5.69 Å². The van der Waals surface area contributed by atoms with Crippen molar-refractivity contribution in [2.45, 2.75) is 19.6 Å². The van der Waals surface area contributed by atoms with Gasteiger partial charge in [0.2, 0.25) is 0 Å². The summed E-state index contributed by atoms with van der Waals surface area (Å²) in [5.74, 6) is 1.03. The van der Waals surface area contributed by atoms with Crippen LogP contribution in [0.2, 0.25) is 0 Å². The van der Waals surface area contributed by atoms with E-state index in [9.17, 15) is 0 Å². The molecule has 0 aliphatic carbocycles. The number of nitrogens with two attached hydrogens (primary N) is 1. The summed E-state index contributed by atoms with van der Waals surface area (Å²) in [7, 11) is 0. The first kappa shape index (κ1) is 11.7. The molecule has 2 N–H and O–H groups in total. The molecule has 1 aromatic carbocycles. The van der Waals surface area contributed by atoms with Gasteiger partial charge in [-0.15, -0.1) is 10.2 Å². The van der Waals surface area contributed by atoms with Gasteiger partial charge in [-0.2, -0.15) is 0 Å². The van der Waals surface area contributed by atoms with Gasteiger partial charge in [0.15, 0.2) is 0 Å². The van der Waals surface area contributed by atoms with Gasteiger partial charge in [-0.05, 0) is 27.6 Å². The van der Waals surface area contributed by atoms with Crippen LogP contribution < -0.4 is 5.73 Å². The van der Waals surface area contributed by atoms with E-state index in [0.29, 0.717) is 0 Å². The number of benzene rings is 1. The van der Waals surface area contributed by atoms with Gasteiger partial charge in [-0.1, -0.05) is 12.1 Å². The molecule has 0 unspecified atom stereocenters. The number of hydrogen-bond acceptors (Lipinski definition) is 4. The first-order valence-electron chi connectivity index (χ1n) is 5.86.